The average molecular weight is 237 g/mol. The number of anilines is 1. The fourth-order valence-corrected chi connectivity index (χ4v) is 2.02. The van der Waals surface area contributed by atoms with Gasteiger partial charge in [0.05, 0.1) is 6.61 Å². The second-order valence-corrected chi connectivity index (χ2v) is 4.49. The number of nitrogens with zero attached hydrogens (tertiary/aromatic N) is 3. The maximum absolute atomic E-state index is 8.92. The molecule has 1 aromatic rings. The molecule has 1 N–H and O–H groups in total. The predicted octanol–water partition coefficient (Wildman–Crippen LogP) is 0.832. The molecule has 2 rings (SSSR count). The van der Waals surface area contributed by atoms with E-state index in [9.17, 15) is 0 Å². The van der Waals surface area contributed by atoms with Crippen LogP contribution in [0.4, 0.5) is 5.95 Å². The number of aromatic nitrogens is 2. The molecule has 17 heavy (non-hydrogen) atoms. The summed E-state index contributed by atoms with van der Waals surface area (Å²) in [7, 11) is 2.00. The van der Waals surface area contributed by atoms with Crippen LogP contribution < -0.4 is 4.90 Å². The van der Waals surface area contributed by atoms with Gasteiger partial charge in [0.1, 0.15) is 0 Å². The maximum atomic E-state index is 8.92. The quantitative estimate of drug-likeness (QED) is 0.840. The standard InChI is InChI=1S/C12H19N3O2/c1-15(8-10-2-4-17-5-3-10)12-13-6-11(9-16)7-14-12/h6-7,10,16H,2-5,8-9H2,1H3. The fraction of sp³-hybridized carbons (Fsp3) is 0.667. The Morgan fingerprint density at radius 1 is 1.35 bits per heavy atom. The normalized spacial score (nSPS) is 17.1. The van der Waals surface area contributed by atoms with E-state index in [2.05, 4.69) is 14.9 Å². The highest BCUT2D eigenvalue weighted by Gasteiger charge is 2.16. The van der Waals surface area contributed by atoms with Crippen molar-refractivity contribution in [3.8, 4) is 0 Å². The molecule has 0 aliphatic carbocycles. The highest BCUT2D eigenvalue weighted by atomic mass is 16.5. The summed E-state index contributed by atoms with van der Waals surface area (Å²) in [5.74, 6) is 1.38. The molecule has 5 nitrogen and oxygen atoms in total. The van der Waals surface area contributed by atoms with E-state index in [4.69, 9.17) is 9.84 Å². The molecule has 1 aromatic heterocycles. The summed E-state index contributed by atoms with van der Waals surface area (Å²) in [4.78, 5) is 10.5. The molecule has 0 radical (unpaired) electrons. The third-order valence-electron chi connectivity index (χ3n) is 3.09. The van der Waals surface area contributed by atoms with Crippen LogP contribution in [0.2, 0.25) is 0 Å². The van der Waals surface area contributed by atoms with Gasteiger partial charge in [-0.15, -0.1) is 0 Å². The lowest BCUT2D eigenvalue weighted by molar-refractivity contribution is 0.0684. The predicted molar refractivity (Wildman–Crippen MR) is 64.8 cm³/mol. The first-order valence-corrected chi connectivity index (χ1v) is 6.00. The smallest absolute Gasteiger partial charge is 0.225 e. The molecule has 94 valence electrons. The van der Waals surface area contributed by atoms with Crippen LogP contribution in [0.25, 0.3) is 0 Å². The Kier molecular flexibility index (Phi) is 4.28. The lowest BCUT2D eigenvalue weighted by Gasteiger charge is -2.27. The Hall–Kier alpha value is -1.20. The zero-order chi connectivity index (χ0) is 12.1. The summed E-state index contributed by atoms with van der Waals surface area (Å²) in [6.07, 6.45) is 5.56. The number of ether oxygens (including phenoxy) is 1. The fourth-order valence-electron chi connectivity index (χ4n) is 2.02. The van der Waals surface area contributed by atoms with Gasteiger partial charge in [0.15, 0.2) is 0 Å². The highest BCUT2D eigenvalue weighted by molar-refractivity contribution is 5.28. The van der Waals surface area contributed by atoms with Gasteiger partial charge in [0.2, 0.25) is 5.95 Å². The van der Waals surface area contributed by atoms with E-state index in [-0.39, 0.29) is 6.61 Å². The molecule has 2 heterocycles. The van der Waals surface area contributed by atoms with Gasteiger partial charge in [0, 0.05) is 44.8 Å². The van der Waals surface area contributed by atoms with Crippen molar-refractivity contribution in [2.45, 2.75) is 19.4 Å². The summed E-state index contributed by atoms with van der Waals surface area (Å²) in [6.45, 7) is 2.68. The van der Waals surface area contributed by atoms with E-state index in [1.807, 2.05) is 7.05 Å². The third-order valence-corrected chi connectivity index (χ3v) is 3.09. The summed E-state index contributed by atoms with van der Waals surface area (Å²) < 4.78 is 5.34. The van der Waals surface area contributed by atoms with Crippen molar-refractivity contribution in [1.82, 2.24) is 9.97 Å². The second-order valence-electron chi connectivity index (χ2n) is 4.49. The van der Waals surface area contributed by atoms with Crippen LogP contribution in [0.5, 0.6) is 0 Å². The van der Waals surface area contributed by atoms with Gasteiger partial charge in [-0.25, -0.2) is 9.97 Å². The van der Waals surface area contributed by atoms with Crippen LogP contribution in [0.3, 0.4) is 0 Å². The van der Waals surface area contributed by atoms with Crippen molar-refractivity contribution in [2.75, 3.05) is 31.7 Å². The highest BCUT2D eigenvalue weighted by Crippen LogP contribution is 2.17. The van der Waals surface area contributed by atoms with Gasteiger partial charge in [-0.3, -0.25) is 0 Å². The van der Waals surface area contributed by atoms with Crippen molar-refractivity contribution >= 4 is 5.95 Å². The molecule has 0 saturated carbocycles. The molecular weight excluding hydrogens is 218 g/mol. The minimum absolute atomic E-state index is 0.00996. The zero-order valence-electron chi connectivity index (χ0n) is 10.2. The molecule has 0 atom stereocenters. The minimum Gasteiger partial charge on any atom is -0.392 e. The Labute approximate surface area is 101 Å². The molecule has 1 saturated heterocycles. The van der Waals surface area contributed by atoms with Crippen molar-refractivity contribution in [1.29, 1.82) is 0 Å². The van der Waals surface area contributed by atoms with E-state index in [0.29, 0.717) is 11.9 Å². The molecule has 1 fully saturated rings. The maximum Gasteiger partial charge on any atom is 0.225 e. The van der Waals surface area contributed by atoms with Gasteiger partial charge < -0.3 is 14.7 Å². The monoisotopic (exact) mass is 237 g/mol. The molecule has 1 aliphatic rings. The van der Waals surface area contributed by atoms with Crippen molar-refractivity contribution in [3.63, 3.8) is 0 Å². The lowest BCUT2D eigenvalue weighted by atomic mass is 10.0. The first kappa shape index (κ1) is 12.3. The molecular formula is C12H19N3O2. The Morgan fingerprint density at radius 2 is 2.00 bits per heavy atom. The molecule has 0 aromatic carbocycles. The summed E-state index contributed by atoms with van der Waals surface area (Å²) in [5, 5.41) is 8.92. The van der Waals surface area contributed by atoms with Crippen LogP contribution in [-0.2, 0) is 11.3 Å². The Balaban J connectivity index is 1.91. The Morgan fingerprint density at radius 3 is 2.59 bits per heavy atom. The van der Waals surface area contributed by atoms with Gasteiger partial charge in [-0.05, 0) is 18.8 Å². The zero-order valence-corrected chi connectivity index (χ0v) is 10.2. The lowest BCUT2D eigenvalue weighted by Crippen LogP contribution is -2.30. The molecule has 1 aliphatic heterocycles. The van der Waals surface area contributed by atoms with Crippen LogP contribution in [0.15, 0.2) is 12.4 Å². The van der Waals surface area contributed by atoms with Gasteiger partial charge in [-0.1, -0.05) is 0 Å². The average Bonchev–Trinajstić information content (AvgIpc) is 2.40. The largest absolute Gasteiger partial charge is 0.392 e. The summed E-state index contributed by atoms with van der Waals surface area (Å²) in [6, 6.07) is 0. The first-order valence-electron chi connectivity index (χ1n) is 6.00. The minimum atomic E-state index is -0.00996. The van der Waals surface area contributed by atoms with Crippen molar-refractivity contribution < 1.29 is 9.84 Å². The summed E-state index contributed by atoms with van der Waals surface area (Å²) >= 11 is 0. The number of hydrogen-bond donors (Lipinski definition) is 1. The number of aliphatic hydroxyl groups is 1. The Bertz CT molecular complexity index is 336. The molecule has 5 heteroatoms. The topological polar surface area (TPSA) is 58.5 Å². The van der Waals surface area contributed by atoms with E-state index >= 15 is 0 Å². The first-order chi connectivity index (χ1) is 8.29. The number of rotatable bonds is 4. The SMILES string of the molecule is CN(CC1CCOCC1)c1ncc(CO)cn1. The molecule has 0 amide bonds. The van der Waals surface area contributed by atoms with E-state index < -0.39 is 0 Å². The van der Waals surface area contributed by atoms with Crippen molar-refractivity contribution in [3.05, 3.63) is 18.0 Å². The number of hydrogen-bond acceptors (Lipinski definition) is 5. The van der Waals surface area contributed by atoms with Gasteiger partial charge >= 0.3 is 0 Å². The molecule has 0 bridgehead atoms. The van der Waals surface area contributed by atoms with Crippen LogP contribution in [-0.4, -0.2) is 41.9 Å². The second kappa shape index (κ2) is 5.93. The summed E-state index contributed by atoms with van der Waals surface area (Å²) in [5.41, 5.74) is 0.744. The van der Waals surface area contributed by atoms with E-state index in [0.717, 1.165) is 38.2 Å². The number of aliphatic hydroxyl groups excluding tert-OH is 1. The van der Waals surface area contributed by atoms with Gasteiger partial charge in [-0.2, -0.15) is 0 Å². The van der Waals surface area contributed by atoms with Crippen molar-refractivity contribution in [2.24, 2.45) is 5.92 Å². The molecule has 0 unspecified atom stereocenters. The van der Waals surface area contributed by atoms with Crippen LogP contribution >= 0.6 is 0 Å². The third kappa shape index (κ3) is 3.38. The van der Waals surface area contributed by atoms with Crippen LogP contribution in [0.1, 0.15) is 18.4 Å². The van der Waals surface area contributed by atoms with Crippen LogP contribution in [0, 0.1) is 5.92 Å². The van der Waals surface area contributed by atoms with E-state index in [1.165, 1.54) is 0 Å². The van der Waals surface area contributed by atoms with E-state index in [1.54, 1.807) is 12.4 Å². The molecule has 0 spiro atoms. The van der Waals surface area contributed by atoms with Gasteiger partial charge in [0.25, 0.3) is 0 Å².